The third kappa shape index (κ3) is 4.24. The standard InChI is InChI=1S/C20H24N4O2S/c1-5-24-18(17-11-8-12-26-17)22-23-20(24)27-14(4)19(25)21-16-10-7-6-9-15(16)13(2)3/h6-14H,5H2,1-4H3,(H,21,25). The quantitative estimate of drug-likeness (QED) is 0.592. The van der Waals surface area contributed by atoms with Gasteiger partial charge in [-0.2, -0.15) is 0 Å². The molecule has 0 spiro atoms. The molecule has 0 fully saturated rings. The zero-order valence-electron chi connectivity index (χ0n) is 16.0. The summed E-state index contributed by atoms with van der Waals surface area (Å²) < 4.78 is 7.38. The normalized spacial score (nSPS) is 12.3. The minimum Gasteiger partial charge on any atom is -0.461 e. The summed E-state index contributed by atoms with van der Waals surface area (Å²) in [6, 6.07) is 11.6. The third-order valence-corrected chi connectivity index (χ3v) is 5.35. The predicted octanol–water partition coefficient (Wildman–Crippen LogP) is 4.80. The van der Waals surface area contributed by atoms with Gasteiger partial charge in [-0.05, 0) is 43.5 Å². The Bertz CT molecular complexity index is 903. The molecule has 1 amide bonds. The number of aromatic nitrogens is 3. The summed E-state index contributed by atoms with van der Waals surface area (Å²) in [7, 11) is 0. The molecular formula is C20H24N4O2S. The van der Waals surface area contributed by atoms with E-state index in [4.69, 9.17) is 4.42 Å². The zero-order valence-corrected chi connectivity index (χ0v) is 16.8. The molecule has 0 saturated carbocycles. The number of anilines is 1. The number of benzene rings is 1. The molecule has 27 heavy (non-hydrogen) atoms. The van der Waals surface area contributed by atoms with Crippen LogP contribution in [0, 0.1) is 0 Å². The first-order valence-electron chi connectivity index (χ1n) is 9.04. The van der Waals surface area contributed by atoms with Crippen molar-refractivity contribution in [2.75, 3.05) is 5.32 Å². The van der Waals surface area contributed by atoms with Gasteiger partial charge in [-0.3, -0.25) is 9.36 Å². The monoisotopic (exact) mass is 384 g/mol. The highest BCUT2D eigenvalue weighted by Gasteiger charge is 2.22. The smallest absolute Gasteiger partial charge is 0.237 e. The van der Waals surface area contributed by atoms with Gasteiger partial charge in [-0.1, -0.05) is 43.8 Å². The predicted molar refractivity (Wildman–Crippen MR) is 108 cm³/mol. The maximum absolute atomic E-state index is 12.7. The average molecular weight is 385 g/mol. The van der Waals surface area contributed by atoms with Gasteiger partial charge >= 0.3 is 0 Å². The van der Waals surface area contributed by atoms with Crippen LogP contribution in [0.1, 0.15) is 39.2 Å². The Hall–Kier alpha value is -2.54. The molecule has 1 atom stereocenters. The second kappa shape index (κ2) is 8.43. The first-order valence-corrected chi connectivity index (χ1v) is 9.92. The van der Waals surface area contributed by atoms with Crippen LogP contribution in [-0.2, 0) is 11.3 Å². The summed E-state index contributed by atoms with van der Waals surface area (Å²) in [5.41, 5.74) is 1.98. The molecule has 1 unspecified atom stereocenters. The lowest BCUT2D eigenvalue weighted by atomic mass is 10.0. The number of furan rings is 1. The number of thioether (sulfide) groups is 1. The maximum Gasteiger partial charge on any atom is 0.237 e. The Kier molecular flexibility index (Phi) is 6.01. The van der Waals surface area contributed by atoms with E-state index in [0.29, 0.717) is 29.2 Å². The fourth-order valence-corrected chi connectivity index (χ4v) is 3.72. The summed E-state index contributed by atoms with van der Waals surface area (Å²) in [6.45, 7) is 8.81. The summed E-state index contributed by atoms with van der Waals surface area (Å²) in [5.74, 6) is 1.61. The van der Waals surface area contributed by atoms with Gasteiger partial charge < -0.3 is 9.73 Å². The van der Waals surface area contributed by atoms with Crippen LogP contribution < -0.4 is 5.32 Å². The van der Waals surface area contributed by atoms with Gasteiger partial charge in [-0.25, -0.2) is 0 Å². The Labute approximate surface area is 163 Å². The molecule has 7 heteroatoms. The van der Waals surface area contributed by atoms with Crippen molar-refractivity contribution < 1.29 is 9.21 Å². The van der Waals surface area contributed by atoms with Crippen molar-refractivity contribution in [1.29, 1.82) is 0 Å². The van der Waals surface area contributed by atoms with Crippen LogP contribution in [0.5, 0.6) is 0 Å². The van der Waals surface area contributed by atoms with Crippen LogP contribution in [0.4, 0.5) is 5.69 Å². The second-order valence-electron chi connectivity index (χ2n) is 6.52. The van der Waals surface area contributed by atoms with Crippen molar-refractivity contribution in [3.63, 3.8) is 0 Å². The van der Waals surface area contributed by atoms with Gasteiger partial charge in [0.2, 0.25) is 5.91 Å². The Morgan fingerprint density at radius 2 is 1.96 bits per heavy atom. The van der Waals surface area contributed by atoms with Crippen molar-refractivity contribution in [3.05, 3.63) is 48.2 Å². The summed E-state index contributed by atoms with van der Waals surface area (Å²) >= 11 is 1.39. The molecular weight excluding hydrogens is 360 g/mol. The fraction of sp³-hybridized carbons (Fsp3) is 0.350. The van der Waals surface area contributed by atoms with Crippen LogP contribution in [-0.4, -0.2) is 25.9 Å². The summed E-state index contributed by atoms with van der Waals surface area (Å²) in [5, 5.41) is 11.9. The van der Waals surface area contributed by atoms with Crippen LogP contribution in [0.25, 0.3) is 11.6 Å². The molecule has 1 N–H and O–H groups in total. The van der Waals surface area contributed by atoms with Crippen LogP contribution in [0.3, 0.4) is 0 Å². The van der Waals surface area contributed by atoms with E-state index >= 15 is 0 Å². The maximum atomic E-state index is 12.7. The highest BCUT2D eigenvalue weighted by Crippen LogP contribution is 2.29. The first kappa shape index (κ1) is 19.2. The molecule has 0 bridgehead atoms. The van der Waals surface area contributed by atoms with Crippen molar-refractivity contribution in [3.8, 4) is 11.6 Å². The van der Waals surface area contributed by atoms with Gasteiger partial charge in [-0.15, -0.1) is 10.2 Å². The fourth-order valence-electron chi connectivity index (χ4n) is 2.81. The lowest BCUT2D eigenvalue weighted by Gasteiger charge is -2.16. The van der Waals surface area contributed by atoms with Crippen molar-refractivity contribution >= 4 is 23.4 Å². The second-order valence-corrected chi connectivity index (χ2v) is 7.83. The molecule has 3 rings (SSSR count). The lowest BCUT2D eigenvalue weighted by Crippen LogP contribution is -2.23. The van der Waals surface area contributed by atoms with Gasteiger partial charge in [0.25, 0.3) is 0 Å². The van der Waals surface area contributed by atoms with E-state index in [9.17, 15) is 4.79 Å². The molecule has 0 aliphatic carbocycles. The number of rotatable bonds is 7. The summed E-state index contributed by atoms with van der Waals surface area (Å²) in [6.07, 6.45) is 1.61. The number of para-hydroxylation sites is 1. The molecule has 0 aliphatic rings. The van der Waals surface area contributed by atoms with Gasteiger partial charge in [0.05, 0.1) is 11.5 Å². The molecule has 0 radical (unpaired) electrons. The molecule has 6 nitrogen and oxygen atoms in total. The Morgan fingerprint density at radius 3 is 2.63 bits per heavy atom. The zero-order chi connectivity index (χ0) is 19.4. The van der Waals surface area contributed by atoms with E-state index < -0.39 is 0 Å². The van der Waals surface area contributed by atoms with E-state index in [-0.39, 0.29) is 11.2 Å². The number of amides is 1. The molecule has 0 saturated heterocycles. The third-order valence-electron chi connectivity index (χ3n) is 4.27. The van der Waals surface area contributed by atoms with E-state index in [0.717, 1.165) is 11.3 Å². The van der Waals surface area contributed by atoms with Crippen LogP contribution in [0.2, 0.25) is 0 Å². The largest absolute Gasteiger partial charge is 0.461 e. The SMILES string of the molecule is CCn1c(SC(C)C(=O)Nc2ccccc2C(C)C)nnc1-c1ccco1. The van der Waals surface area contributed by atoms with E-state index in [1.54, 1.807) is 6.26 Å². The highest BCUT2D eigenvalue weighted by molar-refractivity contribution is 8.00. The van der Waals surface area contributed by atoms with Crippen molar-refractivity contribution in [2.24, 2.45) is 0 Å². The van der Waals surface area contributed by atoms with Crippen molar-refractivity contribution in [2.45, 2.75) is 50.6 Å². The first-order chi connectivity index (χ1) is 13.0. The van der Waals surface area contributed by atoms with Gasteiger partial charge in [0.15, 0.2) is 16.7 Å². The number of nitrogens with zero attached hydrogens (tertiary/aromatic N) is 3. The molecule has 142 valence electrons. The van der Waals surface area contributed by atoms with Crippen molar-refractivity contribution in [1.82, 2.24) is 14.8 Å². The average Bonchev–Trinajstić information content (AvgIpc) is 3.31. The number of carbonyl (C=O) groups excluding carboxylic acids is 1. The van der Waals surface area contributed by atoms with Gasteiger partial charge in [0.1, 0.15) is 0 Å². The molecule has 2 heterocycles. The highest BCUT2D eigenvalue weighted by atomic mass is 32.2. The van der Waals surface area contributed by atoms with E-state index in [1.165, 1.54) is 11.8 Å². The number of carbonyl (C=O) groups is 1. The molecule has 3 aromatic rings. The number of hydrogen-bond donors (Lipinski definition) is 1. The number of nitrogens with one attached hydrogen (secondary N) is 1. The van der Waals surface area contributed by atoms with Crippen LogP contribution in [0.15, 0.2) is 52.2 Å². The molecule has 2 aromatic heterocycles. The summed E-state index contributed by atoms with van der Waals surface area (Å²) in [4.78, 5) is 12.7. The van der Waals surface area contributed by atoms with Crippen LogP contribution >= 0.6 is 11.8 Å². The minimum absolute atomic E-state index is 0.0571. The van der Waals surface area contributed by atoms with E-state index in [1.807, 2.05) is 54.8 Å². The van der Waals surface area contributed by atoms with Gasteiger partial charge in [0, 0.05) is 12.2 Å². The topological polar surface area (TPSA) is 73.0 Å². The minimum atomic E-state index is -0.316. The number of hydrogen-bond acceptors (Lipinski definition) is 5. The molecule has 1 aromatic carbocycles. The lowest BCUT2D eigenvalue weighted by molar-refractivity contribution is -0.115. The molecule has 0 aliphatic heterocycles. The Balaban J connectivity index is 1.74. The Morgan fingerprint density at radius 1 is 1.19 bits per heavy atom. The van der Waals surface area contributed by atoms with E-state index in [2.05, 4.69) is 29.4 Å².